The van der Waals surface area contributed by atoms with E-state index in [2.05, 4.69) is 15.4 Å². The van der Waals surface area contributed by atoms with Crippen LogP contribution in [0.15, 0.2) is 47.3 Å². The molecule has 2 aromatic carbocycles. The third kappa shape index (κ3) is 3.58. The standard InChI is InChI=1S/C21H20N4O3S/c1-4-28-13-9-10-16-17(11-13)29-21(22-16)23-19(26)18-14-7-5-6-8-15(14)20(27)25(24-18)12(2)3/h5-12H,4H2,1-3H3,(H,22,23,26). The number of rotatable bonds is 5. The molecule has 0 aliphatic heterocycles. The number of amides is 1. The topological polar surface area (TPSA) is 86.1 Å². The summed E-state index contributed by atoms with van der Waals surface area (Å²) >= 11 is 1.36. The number of nitrogens with one attached hydrogen (secondary N) is 1. The van der Waals surface area contributed by atoms with E-state index in [0.717, 1.165) is 16.0 Å². The highest BCUT2D eigenvalue weighted by atomic mass is 32.1. The fourth-order valence-corrected chi connectivity index (χ4v) is 3.98. The van der Waals surface area contributed by atoms with Gasteiger partial charge in [0.25, 0.3) is 11.5 Å². The smallest absolute Gasteiger partial charge is 0.278 e. The normalized spacial score (nSPS) is 11.3. The van der Waals surface area contributed by atoms with E-state index in [1.54, 1.807) is 24.3 Å². The van der Waals surface area contributed by atoms with Crippen molar-refractivity contribution >= 4 is 43.4 Å². The average molecular weight is 408 g/mol. The van der Waals surface area contributed by atoms with Gasteiger partial charge in [-0.15, -0.1) is 0 Å². The summed E-state index contributed by atoms with van der Waals surface area (Å²) in [6.07, 6.45) is 0. The molecule has 1 amide bonds. The monoisotopic (exact) mass is 408 g/mol. The molecule has 0 bridgehead atoms. The minimum Gasteiger partial charge on any atom is -0.494 e. The third-order valence-electron chi connectivity index (χ3n) is 4.42. The van der Waals surface area contributed by atoms with Gasteiger partial charge in [-0.2, -0.15) is 5.10 Å². The molecule has 0 aliphatic carbocycles. The second-order valence-electron chi connectivity index (χ2n) is 6.77. The first-order valence-corrected chi connectivity index (χ1v) is 10.2. The van der Waals surface area contributed by atoms with Crippen LogP contribution in [0, 0.1) is 0 Å². The molecule has 0 fully saturated rings. The van der Waals surface area contributed by atoms with Crippen LogP contribution in [0.1, 0.15) is 37.3 Å². The van der Waals surface area contributed by atoms with Crippen molar-refractivity contribution in [3.63, 3.8) is 0 Å². The molecular formula is C21H20N4O3S. The molecule has 0 spiro atoms. The van der Waals surface area contributed by atoms with Crippen LogP contribution in [0.25, 0.3) is 21.0 Å². The number of anilines is 1. The summed E-state index contributed by atoms with van der Waals surface area (Å²) in [5, 5.41) is 8.61. The lowest BCUT2D eigenvalue weighted by Gasteiger charge is -2.12. The van der Waals surface area contributed by atoms with Crippen molar-refractivity contribution in [3.8, 4) is 5.75 Å². The van der Waals surface area contributed by atoms with Crippen LogP contribution in [0.4, 0.5) is 5.13 Å². The lowest BCUT2D eigenvalue weighted by Crippen LogP contribution is -2.28. The Labute approximate surface area is 171 Å². The molecule has 0 saturated carbocycles. The van der Waals surface area contributed by atoms with Gasteiger partial charge >= 0.3 is 0 Å². The molecule has 7 nitrogen and oxygen atoms in total. The second-order valence-corrected chi connectivity index (χ2v) is 7.80. The SMILES string of the molecule is CCOc1ccc2nc(NC(=O)c3nn(C(C)C)c(=O)c4ccccc34)sc2c1. The van der Waals surface area contributed by atoms with Crippen molar-refractivity contribution < 1.29 is 9.53 Å². The Morgan fingerprint density at radius 3 is 2.69 bits per heavy atom. The summed E-state index contributed by atoms with van der Waals surface area (Å²) in [4.78, 5) is 30.1. The zero-order valence-electron chi connectivity index (χ0n) is 16.3. The van der Waals surface area contributed by atoms with Gasteiger partial charge in [-0.05, 0) is 45.0 Å². The third-order valence-corrected chi connectivity index (χ3v) is 5.36. The maximum absolute atomic E-state index is 13.0. The number of thiazole rings is 1. The van der Waals surface area contributed by atoms with Gasteiger partial charge in [0, 0.05) is 5.39 Å². The highest BCUT2D eigenvalue weighted by Gasteiger charge is 2.19. The molecule has 2 heterocycles. The quantitative estimate of drug-likeness (QED) is 0.534. The molecule has 1 N–H and O–H groups in total. The number of benzene rings is 2. The van der Waals surface area contributed by atoms with Crippen LogP contribution in [0.2, 0.25) is 0 Å². The molecule has 4 aromatic rings. The number of carbonyl (C=O) groups excluding carboxylic acids is 1. The van der Waals surface area contributed by atoms with E-state index >= 15 is 0 Å². The number of fused-ring (bicyclic) bond motifs is 2. The van der Waals surface area contributed by atoms with Crippen LogP contribution in [-0.4, -0.2) is 27.3 Å². The van der Waals surface area contributed by atoms with Crippen LogP contribution >= 0.6 is 11.3 Å². The fourth-order valence-electron chi connectivity index (χ4n) is 3.10. The Bertz CT molecular complexity index is 1280. The summed E-state index contributed by atoms with van der Waals surface area (Å²) in [7, 11) is 0. The van der Waals surface area contributed by atoms with Gasteiger partial charge in [0.15, 0.2) is 10.8 Å². The van der Waals surface area contributed by atoms with Crippen molar-refractivity contribution in [1.29, 1.82) is 0 Å². The Morgan fingerprint density at radius 2 is 1.97 bits per heavy atom. The largest absolute Gasteiger partial charge is 0.494 e. The number of carbonyl (C=O) groups is 1. The maximum atomic E-state index is 13.0. The van der Waals surface area contributed by atoms with E-state index in [1.807, 2.05) is 39.0 Å². The molecule has 0 aliphatic rings. The van der Waals surface area contributed by atoms with Crippen LogP contribution in [0.5, 0.6) is 5.75 Å². The van der Waals surface area contributed by atoms with Crippen molar-refractivity contribution in [2.24, 2.45) is 0 Å². The minimum absolute atomic E-state index is 0.168. The lowest BCUT2D eigenvalue weighted by molar-refractivity contribution is 0.102. The molecule has 0 saturated heterocycles. The molecule has 0 radical (unpaired) electrons. The highest BCUT2D eigenvalue weighted by Crippen LogP contribution is 2.29. The second kappa shape index (κ2) is 7.63. The first-order chi connectivity index (χ1) is 14.0. The molecule has 4 rings (SSSR count). The van der Waals surface area contributed by atoms with Crippen molar-refractivity contribution in [1.82, 2.24) is 14.8 Å². The van der Waals surface area contributed by atoms with E-state index in [0.29, 0.717) is 22.5 Å². The number of hydrogen-bond donors (Lipinski definition) is 1. The Balaban J connectivity index is 1.73. The molecular weight excluding hydrogens is 388 g/mol. The van der Waals surface area contributed by atoms with E-state index in [4.69, 9.17) is 4.74 Å². The molecule has 0 atom stereocenters. The number of hydrogen-bond acceptors (Lipinski definition) is 6. The molecule has 148 valence electrons. The molecule has 8 heteroatoms. The number of ether oxygens (including phenoxy) is 1. The molecule has 2 aromatic heterocycles. The van der Waals surface area contributed by atoms with Crippen molar-refractivity contribution in [2.45, 2.75) is 26.8 Å². The summed E-state index contributed by atoms with van der Waals surface area (Å²) in [5.74, 6) is 0.359. The Kier molecular flexibility index (Phi) is 5.02. The number of nitrogens with zero attached hydrogens (tertiary/aromatic N) is 3. The zero-order chi connectivity index (χ0) is 20.5. The van der Waals surface area contributed by atoms with Crippen LogP contribution in [-0.2, 0) is 0 Å². The Morgan fingerprint density at radius 1 is 1.21 bits per heavy atom. The maximum Gasteiger partial charge on any atom is 0.278 e. The van der Waals surface area contributed by atoms with Gasteiger partial charge in [0.2, 0.25) is 0 Å². The Hall–Kier alpha value is -3.26. The van der Waals surface area contributed by atoms with E-state index in [-0.39, 0.29) is 17.3 Å². The zero-order valence-corrected chi connectivity index (χ0v) is 17.1. The number of aromatic nitrogens is 3. The van der Waals surface area contributed by atoms with Crippen molar-refractivity contribution in [2.75, 3.05) is 11.9 Å². The van der Waals surface area contributed by atoms with Gasteiger partial charge in [0.05, 0.1) is 28.3 Å². The van der Waals surface area contributed by atoms with Crippen LogP contribution in [0.3, 0.4) is 0 Å². The molecule has 0 unspecified atom stereocenters. The molecule has 29 heavy (non-hydrogen) atoms. The van der Waals surface area contributed by atoms with E-state index in [1.165, 1.54) is 16.0 Å². The van der Waals surface area contributed by atoms with Gasteiger partial charge in [-0.25, -0.2) is 9.67 Å². The first-order valence-electron chi connectivity index (χ1n) is 9.34. The van der Waals surface area contributed by atoms with E-state index in [9.17, 15) is 9.59 Å². The summed E-state index contributed by atoms with van der Waals surface area (Å²) < 4.78 is 7.77. The lowest BCUT2D eigenvalue weighted by atomic mass is 10.1. The highest BCUT2D eigenvalue weighted by molar-refractivity contribution is 7.22. The van der Waals surface area contributed by atoms with Gasteiger partial charge in [0.1, 0.15) is 5.75 Å². The van der Waals surface area contributed by atoms with Crippen LogP contribution < -0.4 is 15.6 Å². The van der Waals surface area contributed by atoms with Crippen molar-refractivity contribution in [3.05, 3.63) is 58.5 Å². The summed E-state index contributed by atoms with van der Waals surface area (Å²) in [5.41, 5.74) is 0.762. The fraction of sp³-hybridized carbons (Fsp3) is 0.238. The predicted octanol–water partition coefficient (Wildman–Crippen LogP) is 4.24. The first kappa shape index (κ1) is 19.1. The van der Waals surface area contributed by atoms with E-state index < -0.39 is 5.91 Å². The van der Waals surface area contributed by atoms with Gasteiger partial charge < -0.3 is 4.74 Å². The summed E-state index contributed by atoms with van der Waals surface area (Å²) in [6, 6.07) is 12.4. The van der Waals surface area contributed by atoms with Gasteiger partial charge in [-0.3, -0.25) is 14.9 Å². The predicted molar refractivity (Wildman–Crippen MR) is 115 cm³/mol. The minimum atomic E-state index is -0.403. The summed E-state index contributed by atoms with van der Waals surface area (Å²) in [6.45, 7) is 6.22. The average Bonchev–Trinajstić information content (AvgIpc) is 3.09. The van der Waals surface area contributed by atoms with Gasteiger partial charge in [-0.1, -0.05) is 29.5 Å².